The van der Waals surface area contributed by atoms with E-state index < -0.39 is 0 Å². The molecule has 8 rings (SSSR count). The van der Waals surface area contributed by atoms with Crippen molar-refractivity contribution in [3.05, 3.63) is 90.6 Å². The Balaban J connectivity index is 1.60. The van der Waals surface area contributed by atoms with Crippen LogP contribution in [0.4, 0.5) is 0 Å². The Bertz CT molecular complexity index is 2160. The molecule has 36 heavy (non-hydrogen) atoms. The topological polar surface area (TPSA) is 26.0 Å². The molecule has 0 unspecified atom stereocenters. The van der Waals surface area contributed by atoms with Gasteiger partial charge in [-0.2, -0.15) is 0 Å². The van der Waals surface area contributed by atoms with E-state index in [1.54, 1.807) is 0 Å². The van der Waals surface area contributed by atoms with Gasteiger partial charge in [-0.3, -0.25) is 4.98 Å². The van der Waals surface area contributed by atoms with Crippen LogP contribution in [0.5, 0.6) is 0 Å². The Hall–Kier alpha value is -4.17. The van der Waals surface area contributed by atoms with Gasteiger partial charge in [-0.25, -0.2) is 0 Å². The van der Waals surface area contributed by atoms with Crippen LogP contribution in [0.2, 0.25) is 0 Å². The molecule has 2 nitrogen and oxygen atoms in total. The van der Waals surface area contributed by atoms with E-state index in [2.05, 4.69) is 99.6 Å². The maximum Gasteiger partial charge on any atom is 0.144 e. The van der Waals surface area contributed by atoms with Gasteiger partial charge in [0, 0.05) is 38.5 Å². The van der Waals surface area contributed by atoms with Gasteiger partial charge in [0.25, 0.3) is 0 Å². The van der Waals surface area contributed by atoms with Gasteiger partial charge in [0.15, 0.2) is 0 Å². The molecular weight excluding hydrogens is 438 g/mol. The zero-order chi connectivity index (χ0) is 24.2. The predicted octanol–water partition coefficient (Wildman–Crippen LogP) is 9.77. The molecule has 2 heteroatoms. The normalized spacial score (nSPS) is 13.0. The van der Waals surface area contributed by atoms with Crippen molar-refractivity contribution in [3.8, 4) is 0 Å². The number of pyridine rings is 1. The maximum absolute atomic E-state index is 6.68. The third-order valence-electron chi connectivity index (χ3n) is 7.70. The summed E-state index contributed by atoms with van der Waals surface area (Å²) in [6.45, 7) is 6.84. The minimum Gasteiger partial charge on any atom is -0.455 e. The average molecular weight is 464 g/mol. The molecule has 8 aromatic rings. The van der Waals surface area contributed by atoms with Gasteiger partial charge in [0.1, 0.15) is 11.2 Å². The van der Waals surface area contributed by atoms with Crippen LogP contribution in [-0.2, 0) is 6.42 Å². The van der Waals surface area contributed by atoms with E-state index in [1.807, 2.05) is 6.20 Å². The zero-order valence-electron chi connectivity index (χ0n) is 20.6. The summed E-state index contributed by atoms with van der Waals surface area (Å²) in [7, 11) is 0. The summed E-state index contributed by atoms with van der Waals surface area (Å²) in [6, 6.07) is 28.8. The fourth-order valence-electron chi connectivity index (χ4n) is 6.34. The van der Waals surface area contributed by atoms with Gasteiger partial charge in [0.2, 0.25) is 0 Å². The van der Waals surface area contributed by atoms with Crippen LogP contribution in [0.15, 0.2) is 89.5 Å². The van der Waals surface area contributed by atoms with E-state index in [1.165, 1.54) is 59.4 Å². The van der Waals surface area contributed by atoms with E-state index in [0.717, 1.165) is 28.5 Å². The summed E-state index contributed by atoms with van der Waals surface area (Å²) in [6.07, 6.45) is 2.95. The minimum absolute atomic E-state index is 0.225. The second-order valence-corrected chi connectivity index (χ2v) is 11.4. The number of nitrogens with zero attached hydrogens (tertiary/aromatic N) is 1. The van der Waals surface area contributed by atoms with Crippen molar-refractivity contribution in [1.29, 1.82) is 0 Å². The number of hydrogen-bond acceptors (Lipinski definition) is 2. The van der Waals surface area contributed by atoms with Gasteiger partial charge in [-0.05, 0) is 68.6 Å². The lowest BCUT2D eigenvalue weighted by atomic mass is 9.87. The number of hydrogen-bond donors (Lipinski definition) is 0. The van der Waals surface area contributed by atoms with Crippen molar-refractivity contribution in [2.45, 2.75) is 27.2 Å². The Morgan fingerprint density at radius 1 is 0.639 bits per heavy atom. The minimum atomic E-state index is 0.225. The summed E-state index contributed by atoms with van der Waals surface area (Å²) < 4.78 is 6.68. The van der Waals surface area contributed by atoms with Gasteiger partial charge in [-0.15, -0.1) is 0 Å². The molecule has 0 fully saturated rings. The lowest BCUT2D eigenvalue weighted by Crippen LogP contribution is -2.08. The molecule has 0 aliphatic rings. The summed E-state index contributed by atoms with van der Waals surface area (Å²) in [5.41, 5.74) is 4.52. The Morgan fingerprint density at radius 3 is 2.22 bits per heavy atom. The molecule has 0 spiro atoms. The van der Waals surface area contributed by atoms with Crippen LogP contribution in [-0.4, -0.2) is 4.98 Å². The van der Waals surface area contributed by atoms with Crippen LogP contribution in [0.3, 0.4) is 0 Å². The highest BCUT2D eigenvalue weighted by atomic mass is 16.3. The van der Waals surface area contributed by atoms with Crippen LogP contribution in [0.25, 0.3) is 75.9 Å². The van der Waals surface area contributed by atoms with Gasteiger partial charge in [-0.1, -0.05) is 75.4 Å². The van der Waals surface area contributed by atoms with Crippen LogP contribution < -0.4 is 0 Å². The highest BCUT2D eigenvalue weighted by Gasteiger charge is 2.22. The first kappa shape index (κ1) is 20.1. The molecule has 6 aromatic carbocycles. The molecule has 0 atom stereocenters. The maximum atomic E-state index is 6.68. The standard InChI is InChI=1S/C34H25NO/c1-34(2,3)18-19-11-12-23-28(15-19)36-33-25-13-14-35-32-27-17-21-8-5-4-7-20(21)16-26(27)22-9-6-10-24(30(23)33)29(22)31(25)32/h4-17H,18H2,1-3H3. The monoisotopic (exact) mass is 463 g/mol. The number of fused-ring (bicyclic) bond motifs is 9. The van der Waals surface area contributed by atoms with Crippen LogP contribution >= 0.6 is 0 Å². The molecule has 0 N–H and O–H groups in total. The smallest absolute Gasteiger partial charge is 0.144 e. The SMILES string of the molecule is CC(C)(C)Cc1ccc2c(c1)oc1c3ccnc4c5cc6ccccc6cc5c5cccc(c21)c5c34. The van der Waals surface area contributed by atoms with Gasteiger partial charge < -0.3 is 4.42 Å². The van der Waals surface area contributed by atoms with E-state index in [0.29, 0.717) is 0 Å². The van der Waals surface area contributed by atoms with E-state index in [-0.39, 0.29) is 5.41 Å². The molecule has 2 aromatic heterocycles. The summed E-state index contributed by atoms with van der Waals surface area (Å²) in [5, 5.41) is 13.5. The second-order valence-electron chi connectivity index (χ2n) is 11.4. The highest BCUT2D eigenvalue weighted by Crippen LogP contribution is 2.47. The zero-order valence-corrected chi connectivity index (χ0v) is 20.6. The van der Waals surface area contributed by atoms with Crippen molar-refractivity contribution in [1.82, 2.24) is 4.98 Å². The molecular formula is C34H25NO. The number of rotatable bonds is 1. The first-order valence-electron chi connectivity index (χ1n) is 12.7. The summed E-state index contributed by atoms with van der Waals surface area (Å²) >= 11 is 0. The second kappa shape index (κ2) is 6.73. The number of furan rings is 1. The third-order valence-corrected chi connectivity index (χ3v) is 7.70. The van der Waals surface area contributed by atoms with Crippen molar-refractivity contribution >= 4 is 75.9 Å². The Morgan fingerprint density at radius 2 is 1.42 bits per heavy atom. The molecule has 0 bridgehead atoms. The molecule has 0 saturated carbocycles. The fraction of sp³-hybridized carbons (Fsp3) is 0.147. The van der Waals surface area contributed by atoms with Crippen molar-refractivity contribution in [3.63, 3.8) is 0 Å². The number of aromatic nitrogens is 1. The molecule has 0 aliphatic carbocycles. The molecule has 0 radical (unpaired) electrons. The molecule has 0 saturated heterocycles. The van der Waals surface area contributed by atoms with Gasteiger partial charge in [0.05, 0.1) is 5.52 Å². The first-order valence-corrected chi connectivity index (χ1v) is 12.7. The van der Waals surface area contributed by atoms with Crippen LogP contribution in [0.1, 0.15) is 26.3 Å². The van der Waals surface area contributed by atoms with Crippen molar-refractivity contribution in [2.75, 3.05) is 0 Å². The van der Waals surface area contributed by atoms with Gasteiger partial charge >= 0.3 is 0 Å². The van der Waals surface area contributed by atoms with Crippen molar-refractivity contribution in [2.24, 2.45) is 5.41 Å². The highest BCUT2D eigenvalue weighted by molar-refractivity contribution is 6.41. The Labute approximate surface area is 208 Å². The lowest BCUT2D eigenvalue weighted by Gasteiger charge is -2.17. The van der Waals surface area contributed by atoms with Crippen LogP contribution in [0, 0.1) is 5.41 Å². The molecule has 172 valence electrons. The van der Waals surface area contributed by atoms with Crippen molar-refractivity contribution < 1.29 is 4.42 Å². The van der Waals surface area contributed by atoms with E-state index in [4.69, 9.17) is 9.40 Å². The first-order chi connectivity index (χ1) is 17.5. The third kappa shape index (κ3) is 2.64. The molecule has 0 aliphatic heterocycles. The largest absolute Gasteiger partial charge is 0.455 e. The predicted molar refractivity (Wildman–Crippen MR) is 153 cm³/mol. The summed E-state index contributed by atoms with van der Waals surface area (Å²) in [5.74, 6) is 0. The average Bonchev–Trinajstić information content (AvgIpc) is 3.25. The lowest BCUT2D eigenvalue weighted by molar-refractivity contribution is 0.411. The summed E-state index contributed by atoms with van der Waals surface area (Å²) in [4.78, 5) is 4.94. The van der Waals surface area contributed by atoms with E-state index in [9.17, 15) is 0 Å². The number of benzene rings is 6. The van der Waals surface area contributed by atoms with E-state index >= 15 is 0 Å². The quantitative estimate of drug-likeness (QED) is 0.179. The molecule has 2 heterocycles. The fourth-order valence-corrected chi connectivity index (χ4v) is 6.34. The molecule has 0 amide bonds. The Kier molecular flexibility index (Phi) is 3.75.